The number of hydrogen-bond donors (Lipinski definition) is 0. The van der Waals surface area contributed by atoms with Crippen molar-refractivity contribution in [3.05, 3.63) is 35.9 Å². The molecule has 0 heterocycles. The van der Waals surface area contributed by atoms with Crippen molar-refractivity contribution in [2.75, 3.05) is 0 Å². The standard InChI is InChI=1S/C72H138/c1-2-3-4-5-6-7-8-9-10-11-12-13-14-15-16-17-18-19-20-21-22-23-24-25-26-27-28-29-30-31-32-33-34-35-36-37-38-39-40-41-42-43-44-45-46-47-48-49-50-51-52-53-54-55-56-57-58-59-60-61-62-63-64-66-69-72-70-67-65-68-71-72/h65,67-68,70-71H,2-64,66,69H2,1H3. The van der Waals surface area contributed by atoms with E-state index >= 15 is 0 Å². The molecular formula is C72H138. The molecule has 0 nitrogen and oxygen atoms in total. The van der Waals surface area contributed by atoms with Crippen molar-refractivity contribution in [2.24, 2.45) is 0 Å². The summed E-state index contributed by atoms with van der Waals surface area (Å²) in [5.74, 6) is 0. The highest BCUT2D eigenvalue weighted by Crippen LogP contribution is 2.20. The Morgan fingerprint density at radius 2 is 0.278 bits per heavy atom. The largest absolute Gasteiger partial charge is 0.0654 e. The molecule has 0 amide bonds. The first-order chi connectivity index (χ1) is 35.9. The van der Waals surface area contributed by atoms with Gasteiger partial charge >= 0.3 is 0 Å². The molecule has 0 saturated heterocycles. The van der Waals surface area contributed by atoms with Gasteiger partial charge in [-0.2, -0.15) is 0 Å². The third-order valence-corrected chi connectivity index (χ3v) is 17.2. The van der Waals surface area contributed by atoms with Gasteiger partial charge in [-0.1, -0.05) is 442 Å². The van der Waals surface area contributed by atoms with E-state index in [4.69, 9.17) is 0 Å². The molecule has 0 aromatic heterocycles. The van der Waals surface area contributed by atoms with Crippen LogP contribution in [0.15, 0.2) is 30.3 Å². The Morgan fingerprint density at radius 1 is 0.153 bits per heavy atom. The van der Waals surface area contributed by atoms with E-state index in [9.17, 15) is 0 Å². The van der Waals surface area contributed by atoms with E-state index in [2.05, 4.69) is 37.3 Å². The van der Waals surface area contributed by atoms with Gasteiger partial charge in [0.1, 0.15) is 0 Å². The van der Waals surface area contributed by atoms with Crippen molar-refractivity contribution in [2.45, 2.75) is 424 Å². The fourth-order valence-corrected chi connectivity index (χ4v) is 12.0. The van der Waals surface area contributed by atoms with Crippen molar-refractivity contribution >= 4 is 0 Å². The summed E-state index contributed by atoms with van der Waals surface area (Å²) in [7, 11) is 0. The minimum atomic E-state index is 1.26. The molecule has 0 spiro atoms. The van der Waals surface area contributed by atoms with Crippen LogP contribution in [0.1, 0.15) is 423 Å². The van der Waals surface area contributed by atoms with Crippen LogP contribution in [-0.2, 0) is 6.42 Å². The van der Waals surface area contributed by atoms with Gasteiger partial charge in [0.2, 0.25) is 0 Å². The van der Waals surface area contributed by atoms with Gasteiger partial charge in [-0.3, -0.25) is 0 Å². The second-order valence-electron chi connectivity index (χ2n) is 24.5. The SMILES string of the molecule is CCCCCCCCCCCCCCCCCCCCCCCCCCCCCCCCCCCCCCCCCCCCCCCCCCCCCCCCCCCCCCCCCCc1ccccc1. The van der Waals surface area contributed by atoms with Gasteiger partial charge in [0.15, 0.2) is 0 Å². The summed E-state index contributed by atoms with van der Waals surface area (Å²) in [5.41, 5.74) is 1.51. The van der Waals surface area contributed by atoms with Gasteiger partial charge in [-0.15, -0.1) is 0 Å². The van der Waals surface area contributed by atoms with E-state index < -0.39 is 0 Å². The van der Waals surface area contributed by atoms with E-state index in [-0.39, 0.29) is 0 Å². The number of rotatable bonds is 65. The summed E-state index contributed by atoms with van der Waals surface area (Å²) in [6, 6.07) is 11.0. The smallest absolute Gasteiger partial charge is 0.0279 e. The van der Waals surface area contributed by atoms with Crippen LogP contribution in [0.2, 0.25) is 0 Å². The van der Waals surface area contributed by atoms with E-state index in [1.807, 2.05) is 0 Å². The van der Waals surface area contributed by atoms with Crippen molar-refractivity contribution in [1.82, 2.24) is 0 Å². The molecule has 0 N–H and O–H groups in total. The third-order valence-electron chi connectivity index (χ3n) is 17.2. The summed E-state index contributed by atoms with van der Waals surface area (Å²) in [6.45, 7) is 2.32. The first-order valence-electron chi connectivity index (χ1n) is 35.0. The Hall–Kier alpha value is -0.780. The predicted octanol–water partition coefficient (Wildman–Crippen LogP) is 27.2. The van der Waals surface area contributed by atoms with Gasteiger partial charge in [0, 0.05) is 0 Å². The van der Waals surface area contributed by atoms with Crippen LogP contribution in [0.25, 0.3) is 0 Å². The van der Waals surface area contributed by atoms with E-state index in [1.165, 1.54) is 423 Å². The lowest BCUT2D eigenvalue weighted by molar-refractivity contribution is 0.506. The predicted molar refractivity (Wildman–Crippen MR) is 331 cm³/mol. The molecule has 0 fully saturated rings. The highest BCUT2D eigenvalue weighted by Gasteiger charge is 2.01. The Morgan fingerprint density at radius 3 is 0.417 bits per heavy atom. The fraction of sp³-hybridized carbons (Fsp3) is 0.917. The molecular weight excluding hydrogens is 865 g/mol. The number of benzene rings is 1. The van der Waals surface area contributed by atoms with Gasteiger partial charge in [-0.05, 0) is 18.4 Å². The van der Waals surface area contributed by atoms with E-state index in [0.29, 0.717) is 0 Å². The summed E-state index contributed by atoms with van der Waals surface area (Å²) < 4.78 is 0. The second-order valence-corrected chi connectivity index (χ2v) is 24.5. The maximum atomic E-state index is 2.32. The van der Waals surface area contributed by atoms with Crippen LogP contribution in [0.5, 0.6) is 0 Å². The zero-order valence-corrected chi connectivity index (χ0v) is 50.3. The normalized spacial score (nSPS) is 11.7. The molecule has 0 unspecified atom stereocenters. The van der Waals surface area contributed by atoms with Crippen LogP contribution < -0.4 is 0 Å². The Labute approximate surface area is 458 Å². The number of aryl methyl sites for hydroxylation is 1. The lowest BCUT2D eigenvalue weighted by Gasteiger charge is -2.05. The van der Waals surface area contributed by atoms with Crippen LogP contribution in [0, 0.1) is 0 Å². The Bertz CT molecular complexity index is 1040. The van der Waals surface area contributed by atoms with Gasteiger partial charge < -0.3 is 0 Å². The third kappa shape index (κ3) is 60.1. The molecule has 0 radical (unpaired) electrons. The summed E-state index contributed by atoms with van der Waals surface area (Å²) in [4.78, 5) is 0. The summed E-state index contributed by atoms with van der Waals surface area (Å²) >= 11 is 0. The lowest BCUT2D eigenvalue weighted by atomic mass is 10.0. The molecule has 72 heavy (non-hydrogen) atoms. The number of unbranched alkanes of at least 4 members (excludes halogenated alkanes) is 63. The highest BCUT2D eigenvalue weighted by molar-refractivity contribution is 5.14. The zero-order valence-electron chi connectivity index (χ0n) is 50.3. The lowest BCUT2D eigenvalue weighted by Crippen LogP contribution is -1.86. The van der Waals surface area contributed by atoms with Crippen LogP contribution >= 0.6 is 0 Å². The van der Waals surface area contributed by atoms with Gasteiger partial charge in [-0.25, -0.2) is 0 Å². The van der Waals surface area contributed by atoms with Crippen LogP contribution in [0.4, 0.5) is 0 Å². The average molecular weight is 1000 g/mol. The van der Waals surface area contributed by atoms with Crippen molar-refractivity contribution in [1.29, 1.82) is 0 Å². The maximum Gasteiger partial charge on any atom is -0.0279 e. The fourth-order valence-electron chi connectivity index (χ4n) is 12.0. The molecule has 426 valence electrons. The van der Waals surface area contributed by atoms with Crippen molar-refractivity contribution in [3.63, 3.8) is 0 Å². The molecule has 0 saturated carbocycles. The molecule has 0 aliphatic heterocycles. The van der Waals surface area contributed by atoms with E-state index in [1.54, 1.807) is 0 Å². The van der Waals surface area contributed by atoms with Gasteiger partial charge in [0.25, 0.3) is 0 Å². The van der Waals surface area contributed by atoms with Crippen LogP contribution in [-0.4, -0.2) is 0 Å². The van der Waals surface area contributed by atoms with Gasteiger partial charge in [0.05, 0.1) is 0 Å². The minimum Gasteiger partial charge on any atom is -0.0654 e. The topological polar surface area (TPSA) is 0 Å². The number of hydrogen-bond acceptors (Lipinski definition) is 0. The molecule has 0 atom stereocenters. The Balaban J connectivity index is 1.58. The average Bonchev–Trinajstić information content (AvgIpc) is 3.40. The monoisotopic (exact) mass is 1000 g/mol. The summed E-state index contributed by atoms with van der Waals surface area (Å²) in [5, 5.41) is 0. The second kappa shape index (κ2) is 64.5. The minimum absolute atomic E-state index is 1.26. The summed E-state index contributed by atoms with van der Waals surface area (Å²) in [6.07, 6.45) is 96.3. The van der Waals surface area contributed by atoms with E-state index in [0.717, 1.165) is 0 Å². The van der Waals surface area contributed by atoms with Crippen LogP contribution in [0.3, 0.4) is 0 Å². The zero-order chi connectivity index (χ0) is 51.1. The first-order valence-corrected chi connectivity index (χ1v) is 35.0. The molecule has 0 heteroatoms. The highest BCUT2D eigenvalue weighted by atomic mass is 14.1. The molecule has 0 aliphatic rings. The molecule has 0 aliphatic carbocycles. The van der Waals surface area contributed by atoms with Crippen molar-refractivity contribution in [3.8, 4) is 0 Å². The quantitative estimate of drug-likeness (QED) is 0.0571. The molecule has 0 bridgehead atoms. The first kappa shape index (κ1) is 69.2. The molecule has 1 aromatic carbocycles. The van der Waals surface area contributed by atoms with Crippen molar-refractivity contribution < 1.29 is 0 Å². The molecule has 1 aromatic rings. The Kier molecular flexibility index (Phi) is 62.0. The molecule has 1 rings (SSSR count). The maximum absolute atomic E-state index is 2.32.